The largest absolute Gasteiger partial charge is 0.384 e. The van der Waals surface area contributed by atoms with Gasteiger partial charge in [-0.3, -0.25) is 4.79 Å². The van der Waals surface area contributed by atoms with Crippen molar-refractivity contribution in [2.45, 2.75) is 31.8 Å². The van der Waals surface area contributed by atoms with Crippen LogP contribution in [0.15, 0.2) is 12.5 Å². The zero-order valence-electron chi connectivity index (χ0n) is 14.4. The van der Waals surface area contributed by atoms with Crippen LogP contribution in [0.4, 0.5) is 0 Å². The quantitative estimate of drug-likeness (QED) is 0.749. The molecule has 134 valence electrons. The van der Waals surface area contributed by atoms with E-state index in [1.165, 1.54) is 0 Å². The van der Waals surface area contributed by atoms with Crippen LogP contribution in [0.2, 0.25) is 0 Å². The number of aromatic nitrogens is 2. The highest BCUT2D eigenvalue weighted by atomic mass is 16.5. The highest BCUT2D eigenvalue weighted by Crippen LogP contribution is 2.23. The Morgan fingerprint density at radius 1 is 1.38 bits per heavy atom. The standard InChI is InChI=1S/C17H27N3O4/c1-22-5-4-17(21)19-9-15-8-18-13-20(15)16(10-19)12-24-11-14-2-6-23-7-3-14/h8,13-14,16H,2-7,9-12H2,1H3. The van der Waals surface area contributed by atoms with E-state index in [9.17, 15) is 4.79 Å². The van der Waals surface area contributed by atoms with Gasteiger partial charge >= 0.3 is 0 Å². The monoisotopic (exact) mass is 337 g/mol. The van der Waals surface area contributed by atoms with Crippen LogP contribution in [0, 0.1) is 5.92 Å². The molecule has 1 atom stereocenters. The lowest BCUT2D eigenvalue weighted by molar-refractivity contribution is -0.134. The van der Waals surface area contributed by atoms with E-state index in [1.807, 2.05) is 17.4 Å². The second-order valence-corrected chi connectivity index (χ2v) is 6.56. The van der Waals surface area contributed by atoms with Crippen LogP contribution in [0.5, 0.6) is 0 Å². The topological polar surface area (TPSA) is 65.8 Å². The molecule has 1 aromatic rings. The van der Waals surface area contributed by atoms with Crippen LogP contribution in [0.25, 0.3) is 0 Å². The van der Waals surface area contributed by atoms with Crippen LogP contribution >= 0.6 is 0 Å². The van der Waals surface area contributed by atoms with Crippen LogP contribution in [0.1, 0.15) is 31.0 Å². The van der Waals surface area contributed by atoms with Crippen LogP contribution in [-0.2, 0) is 25.5 Å². The minimum atomic E-state index is 0.124. The number of hydrogen-bond donors (Lipinski definition) is 0. The molecule has 7 nitrogen and oxygen atoms in total. The third kappa shape index (κ3) is 4.34. The minimum Gasteiger partial charge on any atom is -0.384 e. The molecule has 3 heterocycles. The molecule has 0 aromatic carbocycles. The molecule has 0 spiro atoms. The second kappa shape index (κ2) is 8.60. The maximum atomic E-state index is 12.3. The van der Waals surface area contributed by atoms with E-state index in [4.69, 9.17) is 14.2 Å². The normalized spacial score (nSPS) is 21.7. The first-order valence-corrected chi connectivity index (χ1v) is 8.71. The Labute approximate surface area is 142 Å². The molecule has 1 aromatic heterocycles. The molecule has 1 unspecified atom stereocenters. The molecule has 0 radical (unpaired) electrons. The molecule has 2 aliphatic rings. The molecule has 2 aliphatic heterocycles. The van der Waals surface area contributed by atoms with E-state index in [1.54, 1.807) is 7.11 Å². The first-order valence-electron chi connectivity index (χ1n) is 8.71. The summed E-state index contributed by atoms with van der Waals surface area (Å²) in [6.07, 6.45) is 6.24. The van der Waals surface area contributed by atoms with E-state index in [0.717, 1.165) is 38.4 Å². The van der Waals surface area contributed by atoms with Crippen molar-refractivity contribution in [3.63, 3.8) is 0 Å². The lowest BCUT2D eigenvalue weighted by Gasteiger charge is -2.34. The van der Waals surface area contributed by atoms with E-state index in [2.05, 4.69) is 9.55 Å². The summed E-state index contributed by atoms with van der Waals surface area (Å²) in [4.78, 5) is 18.4. The number of carbonyl (C=O) groups is 1. The van der Waals surface area contributed by atoms with Crippen molar-refractivity contribution in [2.24, 2.45) is 5.92 Å². The lowest BCUT2D eigenvalue weighted by Crippen LogP contribution is -2.42. The summed E-state index contributed by atoms with van der Waals surface area (Å²) in [5.41, 5.74) is 1.06. The predicted molar refractivity (Wildman–Crippen MR) is 87.5 cm³/mol. The van der Waals surface area contributed by atoms with Gasteiger partial charge in [-0.05, 0) is 18.8 Å². The summed E-state index contributed by atoms with van der Waals surface area (Å²) < 4.78 is 18.5. The van der Waals surface area contributed by atoms with Crippen molar-refractivity contribution in [3.8, 4) is 0 Å². The number of amides is 1. The van der Waals surface area contributed by atoms with E-state index in [0.29, 0.717) is 38.6 Å². The van der Waals surface area contributed by atoms with Crippen LogP contribution in [-0.4, -0.2) is 67.0 Å². The smallest absolute Gasteiger partial charge is 0.225 e. The summed E-state index contributed by atoms with van der Waals surface area (Å²) >= 11 is 0. The third-order valence-corrected chi connectivity index (χ3v) is 4.80. The molecule has 24 heavy (non-hydrogen) atoms. The fourth-order valence-corrected chi connectivity index (χ4v) is 3.34. The molecule has 3 rings (SSSR count). The number of rotatable bonds is 7. The minimum absolute atomic E-state index is 0.124. The fraction of sp³-hybridized carbons (Fsp3) is 0.765. The molecule has 0 saturated carbocycles. The lowest BCUT2D eigenvalue weighted by atomic mass is 10.0. The highest BCUT2D eigenvalue weighted by molar-refractivity contribution is 5.76. The predicted octanol–water partition coefficient (Wildman–Crippen LogP) is 1.25. The third-order valence-electron chi connectivity index (χ3n) is 4.80. The zero-order chi connectivity index (χ0) is 16.8. The van der Waals surface area contributed by atoms with E-state index >= 15 is 0 Å². The SMILES string of the molecule is COCCC(=O)N1Cc2cncn2C(COCC2CCOCC2)C1. The summed E-state index contributed by atoms with van der Waals surface area (Å²) in [6, 6.07) is 0.127. The Bertz CT molecular complexity index is 528. The Kier molecular flexibility index (Phi) is 6.23. The first kappa shape index (κ1) is 17.4. The van der Waals surface area contributed by atoms with Crippen molar-refractivity contribution < 1.29 is 19.0 Å². The number of imidazole rings is 1. The maximum Gasteiger partial charge on any atom is 0.225 e. The van der Waals surface area contributed by atoms with Gasteiger partial charge in [0.1, 0.15) is 0 Å². The van der Waals surface area contributed by atoms with Gasteiger partial charge in [-0.15, -0.1) is 0 Å². The maximum absolute atomic E-state index is 12.3. The Balaban J connectivity index is 1.54. The van der Waals surface area contributed by atoms with Gasteiger partial charge < -0.3 is 23.7 Å². The van der Waals surface area contributed by atoms with Gasteiger partial charge in [0, 0.05) is 39.7 Å². The van der Waals surface area contributed by atoms with Gasteiger partial charge in [0.15, 0.2) is 0 Å². The van der Waals surface area contributed by atoms with Crippen molar-refractivity contribution in [3.05, 3.63) is 18.2 Å². The second-order valence-electron chi connectivity index (χ2n) is 6.56. The number of ether oxygens (including phenoxy) is 3. The van der Waals surface area contributed by atoms with Crippen LogP contribution < -0.4 is 0 Å². The van der Waals surface area contributed by atoms with E-state index < -0.39 is 0 Å². The number of nitrogens with zero attached hydrogens (tertiary/aromatic N) is 3. The average Bonchev–Trinajstić information content (AvgIpc) is 3.09. The van der Waals surface area contributed by atoms with Crippen molar-refractivity contribution in [2.75, 3.05) is 46.7 Å². The van der Waals surface area contributed by atoms with Gasteiger partial charge in [-0.2, -0.15) is 0 Å². The Morgan fingerprint density at radius 3 is 3.00 bits per heavy atom. The highest BCUT2D eigenvalue weighted by Gasteiger charge is 2.28. The van der Waals surface area contributed by atoms with Gasteiger partial charge in [-0.1, -0.05) is 0 Å². The van der Waals surface area contributed by atoms with E-state index in [-0.39, 0.29) is 11.9 Å². The summed E-state index contributed by atoms with van der Waals surface area (Å²) in [7, 11) is 1.62. The molecule has 0 aliphatic carbocycles. The van der Waals surface area contributed by atoms with Gasteiger partial charge in [0.25, 0.3) is 0 Å². The molecule has 1 fully saturated rings. The number of methoxy groups -OCH3 is 1. The summed E-state index contributed by atoms with van der Waals surface area (Å²) in [6.45, 7) is 4.78. The molecule has 7 heteroatoms. The first-order chi connectivity index (χ1) is 11.8. The van der Waals surface area contributed by atoms with Gasteiger partial charge in [-0.25, -0.2) is 4.98 Å². The number of carbonyl (C=O) groups excluding carboxylic acids is 1. The molecule has 1 saturated heterocycles. The van der Waals surface area contributed by atoms with Crippen molar-refractivity contribution in [1.29, 1.82) is 0 Å². The molecular formula is C17H27N3O4. The number of fused-ring (bicyclic) bond motifs is 1. The average molecular weight is 337 g/mol. The molecule has 0 N–H and O–H groups in total. The molecule has 0 bridgehead atoms. The van der Waals surface area contributed by atoms with Gasteiger partial charge in [0.2, 0.25) is 5.91 Å². The van der Waals surface area contributed by atoms with Crippen LogP contribution in [0.3, 0.4) is 0 Å². The van der Waals surface area contributed by atoms with Crippen molar-refractivity contribution >= 4 is 5.91 Å². The Hall–Kier alpha value is -1.44. The van der Waals surface area contributed by atoms with Crippen molar-refractivity contribution in [1.82, 2.24) is 14.5 Å². The Morgan fingerprint density at radius 2 is 2.21 bits per heavy atom. The number of hydrogen-bond acceptors (Lipinski definition) is 5. The summed E-state index contributed by atoms with van der Waals surface area (Å²) in [5, 5.41) is 0. The van der Waals surface area contributed by atoms with Gasteiger partial charge in [0.05, 0.1) is 44.2 Å². The molecular weight excluding hydrogens is 310 g/mol. The molecule has 1 amide bonds. The zero-order valence-corrected chi connectivity index (χ0v) is 14.4. The fourth-order valence-electron chi connectivity index (χ4n) is 3.34. The summed E-state index contributed by atoms with van der Waals surface area (Å²) in [5.74, 6) is 0.711.